The van der Waals surface area contributed by atoms with Crippen LogP contribution in [0.5, 0.6) is 0 Å². The van der Waals surface area contributed by atoms with E-state index in [0.717, 1.165) is 12.0 Å². The summed E-state index contributed by atoms with van der Waals surface area (Å²) >= 11 is 0. The first-order valence-corrected chi connectivity index (χ1v) is 6.58. The zero-order valence-electron chi connectivity index (χ0n) is 11.0. The van der Waals surface area contributed by atoms with Gasteiger partial charge >= 0.3 is 0 Å². The molecule has 0 aliphatic carbocycles. The summed E-state index contributed by atoms with van der Waals surface area (Å²) in [6, 6.07) is 16.7. The van der Waals surface area contributed by atoms with Gasteiger partial charge in [-0.3, -0.25) is 11.3 Å². The Morgan fingerprint density at radius 3 is 2.65 bits per heavy atom. The van der Waals surface area contributed by atoms with Crippen molar-refractivity contribution in [2.75, 3.05) is 0 Å². The minimum Gasteiger partial charge on any atom is -0.271 e. The minimum absolute atomic E-state index is 0.0244. The highest BCUT2D eigenvalue weighted by Gasteiger charge is 2.12. The predicted molar refractivity (Wildman–Crippen MR) is 79.7 cm³/mol. The summed E-state index contributed by atoms with van der Waals surface area (Å²) < 4.78 is 0. The lowest BCUT2D eigenvalue weighted by Crippen LogP contribution is -2.29. The van der Waals surface area contributed by atoms with Gasteiger partial charge in [0.25, 0.3) is 0 Å². The van der Waals surface area contributed by atoms with Gasteiger partial charge in [-0.05, 0) is 34.4 Å². The van der Waals surface area contributed by atoms with Crippen LogP contribution in [0.2, 0.25) is 0 Å². The first kappa shape index (κ1) is 12.7. The largest absolute Gasteiger partial charge is 0.271 e. The molecule has 1 unspecified atom stereocenters. The van der Waals surface area contributed by atoms with Crippen molar-refractivity contribution in [1.29, 1.82) is 0 Å². The molecule has 0 aliphatic rings. The Bertz CT molecular complexity index is 692. The van der Waals surface area contributed by atoms with Crippen LogP contribution in [0.4, 0.5) is 0 Å². The van der Waals surface area contributed by atoms with Gasteiger partial charge in [0.15, 0.2) is 0 Å². The smallest absolute Gasteiger partial charge is 0.0544 e. The van der Waals surface area contributed by atoms with Gasteiger partial charge in [0.1, 0.15) is 0 Å². The quantitative estimate of drug-likeness (QED) is 0.561. The standard InChI is InChI=1S/C16H16N4/c17-20-16(14-8-9-18-19-11-14)10-13-6-3-5-12-4-1-2-7-15(12)13/h1-9,11,16,20H,10,17H2. The summed E-state index contributed by atoms with van der Waals surface area (Å²) in [6.45, 7) is 0. The van der Waals surface area contributed by atoms with Gasteiger partial charge in [0.2, 0.25) is 0 Å². The zero-order chi connectivity index (χ0) is 13.8. The number of aromatic nitrogens is 2. The summed E-state index contributed by atoms with van der Waals surface area (Å²) in [6.07, 6.45) is 4.24. The van der Waals surface area contributed by atoms with E-state index in [1.165, 1.54) is 16.3 Å². The Morgan fingerprint density at radius 1 is 1.00 bits per heavy atom. The van der Waals surface area contributed by atoms with E-state index in [1.807, 2.05) is 6.07 Å². The minimum atomic E-state index is 0.0244. The molecule has 0 saturated heterocycles. The molecule has 0 bridgehead atoms. The SMILES string of the molecule is NNC(Cc1cccc2ccccc12)c1ccnnc1. The lowest BCUT2D eigenvalue weighted by atomic mass is 9.96. The molecule has 0 spiro atoms. The Kier molecular flexibility index (Phi) is 3.67. The molecule has 3 N–H and O–H groups in total. The van der Waals surface area contributed by atoms with Gasteiger partial charge in [0, 0.05) is 6.20 Å². The van der Waals surface area contributed by atoms with Crippen molar-refractivity contribution in [3.8, 4) is 0 Å². The fraction of sp³-hybridized carbons (Fsp3) is 0.125. The molecule has 2 aromatic carbocycles. The topological polar surface area (TPSA) is 63.8 Å². The first-order chi connectivity index (χ1) is 9.88. The van der Waals surface area contributed by atoms with Crippen molar-refractivity contribution in [1.82, 2.24) is 15.6 Å². The van der Waals surface area contributed by atoms with Crippen LogP contribution >= 0.6 is 0 Å². The Labute approximate surface area is 117 Å². The van der Waals surface area contributed by atoms with Crippen molar-refractivity contribution >= 4 is 10.8 Å². The fourth-order valence-corrected chi connectivity index (χ4v) is 2.47. The zero-order valence-corrected chi connectivity index (χ0v) is 11.0. The molecule has 0 fully saturated rings. The van der Waals surface area contributed by atoms with Crippen LogP contribution in [0.25, 0.3) is 10.8 Å². The molecule has 3 rings (SSSR count). The second-order valence-corrected chi connectivity index (χ2v) is 4.74. The monoisotopic (exact) mass is 264 g/mol. The molecule has 4 heteroatoms. The number of benzene rings is 2. The molecule has 20 heavy (non-hydrogen) atoms. The van der Waals surface area contributed by atoms with Crippen molar-refractivity contribution in [3.05, 3.63) is 72.1 Å². The summed E-state index contributed by atoms with van der Waals surface area (Å²) in [7, 11) is 0. The number of rotatable bonds is 4. The number of nitrogens with zero attached hydrogens (tertiary/aromatic N) is 2. The van der Waals surface area contributed by atoms with Crippen LogP contribution in [-0.4, -0.2) is 10.2 Å². The Balaban J connectivity index is 1.96. The first-order valence-electron chi connectivity index (χ1n) is 6.58. The fourth-order valence-electron chi connectivity index (χ4n) is 2.47. The summed E-state index contributed by atoms with van der Waals surface area (Å²) in [5.41, 5.74) is 5.17. The molecular formula is C16H16N4. The maximum absolute atomic E-state index is 5.70. The molecule has 1 heterocycles. The maximum atomic E-state index is 5.70. The highest BCUT2D eigenvalue weighted by molar-refractivity contribution is 5.85. The number of hydrogen-bond acceptors (Lipinski definition) is 4. The van der Waals surface area contributed by atoms with Crippen LogP contribution in [0.1, 0.15) is 17.2 Å². The van der Waals surface area contributed by atoms with Gasteiger partial charge in [0.05, 0.1) is 12.2 Å². The molecule has 0 radical (unpaired) electrons. The second kappa shape index (κ2) is 5.77. The van der Waals surface area contributed by atoms with Crippen molar-refractivity contribution in [2.24, 2.45) is 5.84 Å². The third kappa shape index (κ3) is 2.52. The van der Waals surface area contributed by atoms with Crippen LogP contribution < -0.4 is 11.3 Å². The molecule has 0 aliphatic heterocycles. The number of nitrogens with one attached hydrogen (secondary N) is 1. The van der Waals surface area contributed by atoms with Crippen molar-refractivity contribution in [3.63, 3.8) is 0 Å². The molecule has 0 saturated carbocycles. The molecule has 100 valence electrons. The number of nitrogens with two attached hydrogens (primary N) is 1. The lowest BCUT2D eigenvalue weighted by molar-refractivity contribution is 0.550. The summed E-state index contributed by atoms with van der Waals surface area (Å²) in [4.78, 5) is 0. The molecule has 0 amide bonds. The second-order valence-electron chi connectivity index (χ2n) is 4.74. The number of hydrazine groups is 1. The average molecular weight is 264 g/mol. The highest BCUT2D eigenvalue weighted by Crippen LogP contribution is 2.23. The highest BCUT2D eigenvalue weighted by atomic mass is 15.2. The van der Waals surface area contributed by atoms with Crippen molar-refractivity contribution < 1.29 is 0 Å². The van der Waals surface area contributed by atoms with E-state index in [0.29, 0.717) is 0 Å². The van der Waals surface area contributed by atoms with E-state index in [4.69, 9.17) is 5.84 Å². The van der Waals surface area contributed by atoms with E-state index in [2.05, 4.69) is 58.1 Å². The lowest BCUT2D eigenvalue weighted by Gasteiger charge is -2.17. The third-order valence-electron chi connectivity index (χ3n) is 3.51. The van der Waals surface area contributed by atoms with E-state index in [-0.39, 0.29) is 6.04 Å². The van der Waals surface area contributed by atoms with Crippen LogP contribution in [0, 0.1) is 0 Å². The van der Waals surface area contributed by atoms with Gasteiger partial charge in [-0.2, -0.15) is 10.2 Å². The van der Waals surface area contributed by atoms with Crippen LogP contribution in [0.15, 0.2) is 60.9 Å². The molecule has 4 nitrogen and oxygen atoms in total. The Hall–Kier alpha value is -2.30. The van der Waals surface area contributed by atoms with Gasteiger partial charge in [-0.15, -0.1) is 0 Å². The van der Waals surface area contributed by atoms with Gasteiger partial charge in [-0.25, -0.2) is 0 Å². The molecule has 3 aromatic rings. The van der Waals surface area contributed by atoms with E-state index in [9.17, 15) is 0 Å². The van der Waals surface area contributed by atoms with Crippen LogP contribution in [0.3, 0.4) is 0 Å². The predicted octanol–water partition coefficient (Wildman–Crippen LogP) is 2.38. The van der Waals surface area contributed by atoms with E-state index < -0.39 is 0 Å². The maximum Gasteiger partial charge on any atom is 0.0544 e. The molecule has 1 atom stereocenters. The van der Waals surface area contributed by atoms with E-state index in [1.54, 1.807) is 12.4 Å². The Morgan fingerprint density at radius 2 is 1.85 bits per heavy atom. The summed E-state index contributed by atoms with van der Waals surface area (Å²) in [5.74, 6) is 5.70. The van der Waals surface area contributed by atoms with Gasteiger partial charge in [-0.1, -0.05) is 42.5 Å². The normalized spacial score (nSPS) is 12.4. The number of fused-ring (bicyclic) bond motifs is 1. The molecular weight excluding hydrogens is 248 g/mol. The summed E-state index contributed by atoms with van der Waals surface area (Å²) in [5, 5.41) is 10.2. The van der Waals surface area contributed by atoms with E-state index >= 15 is 0 Å². The van der Waals surface area contributed by atoms with Crippen LogP contribution in [-0.2, 0) is 6.42 Å². The third-order valence-corrected chi connectivity index (χ3v) is 3.51. The van der Waals surface area contributed by atoms with Gasteiger partial charge < -0.3 is 0 Å². The average Bonchev–Trinajstić information content (AvgIpc) is 2.53. The molecule has 1 aromatic heterocycles. The number of hydrogen-bond donors (Lipinski definition) is 2. The van der Waals surface area contributed by atoms with Crippen molar-refractivity contribution in [2.45, 2.75) is 12.5 Å².